The fourth-order valence-corrected chi connectivity index (χ4v) is 1.99. The van der Waals surface area contributed by atoms with Crippen molar-refractivity contribution < 1.29 is 14.7 Å². The van der Waals surface area contributed by atoms with E-state index < -0.39 is 17.3 Å². The Bertz CT molecular complexity index is 329. The zero-order valence-electron chi connectivity index (χ0n) is 8.99. The summed E-state index contributed by atoms with van der Waals surface area (Å²) in [5.41, 5.74) is -0.827. The maximum Gasteiger partial charge on any atom is 0.311 e. The molecule has 1 fully saturated rings. The molecule has 1 aliphatic heterocycles. The van der Waals surface area contributed by atoms with Crippen LogP contribution in [-0.4, -0.2) is 35.0 Å². The Morgan fingerprint density at radius 2 is 2.13 bits per heavy atom. The summed E-state index contributed by atoms with van der Waals surface area (Å²) in [6.45, 7) is 4.38. The number of hydrogen-bond donors (Lipinski definition) is 1. The molecule has 1 saturated heterocycles. The summed E-state index contributed by atoms with van der Waals surface area (Å²) >= 11 is 0. The summed E-state index contributed by atoms with van der Waals surface area (Å²) < 4.78 is 0. The Morgan fingerprint density at radius 1 is 1.53 bits per heavy atom. The third-order valence-corrected chi connectivity index (χ3v) is 3.24. The standard InChI is InChI=1S/C11H15NO3/c1-4-9(13)12-6-5-11(7-12,8(2)3)10(14)15/h1,8H,5-7H2,2-3H3,(H,14,15). The molecular weight excluding hydrogens is 194 g/mol. The van der Waals surface area contributed by atoms with Gasteiger partial charge in [-0.1, -0.05) is 13.8 Å². The van der Waals surface area contributed by atoms with E-state index in [0.717, 1.165) is 0 Å². The molecule has 0 radical (unpaired) electrons. The van der Waals surface area contributed by atoms with Gasteiger partial charge in [-0.2, -0.15) is 0 Å². The summed E-state index contributed by atoms with van der Waals surface area (Å²) in [4.78, 5) is 23.9. The molecule has 1 amide bonds. The summed E-state index contributed by atoms with van der Waals surface area (Å²) in [6.07, 6.45) is 5.48. The van der Waals surface area contributed by atoms with Gasteiger partial charge in [-0.05, 0) is 18.3 Å². The molecule has 0 aliphatic carbocycles. The van der Waals surface area contributed by atoms with E-state index in [9.17, 15) is 14.7 Å². The molecule has 0 aromatic carbocycles. The minimum absolute atomic E-state index is 0.00873. The highest BCUT2D eigenvalue weighted by molar-refractivity contribution is 5.93. The predicted molar refractivity (Wildman–Crippen MR) is 54.9 cm³/mol. The first-order valence-corrected chi connectivity index (χ1v) is 4.93. The molecule has 0 spiro atoms. The SMILES string of the molecule is C#CC(=O)N1CCC(C(=O)O)(C(C)C)C1. The lowest BCUT2D eigenvalue weighted by molar-refractivity contribution is -0.151. The van der Waals surface area contributed by atoms with Crippen molar-refractivity contribution in [3.05, 3.63) is 0 Å². The summed E-state index contributed by atoms with van der Waals surface area (Å²) in [6, 6.07) is 0. The molecule has 1 aliphatic rings. The number of carboxylic acid groups (broad SMARTS) is 1. The Hall–Kier alpha value is -1.50. The fraction of sp³-hybridized carbons (Fsp3) is 0.636. The van der Waals surface area contributed by atoms with Gasteiger partial charge in [0, 0.05) is 13.1 Å². The van der Waals surface area contributed by atoms with Gasteiger partial charge >= 0.3 is 5.97 Å². The largest absolute Gasteiger partial charge is 0.481 e. The molecule has 1 N–H and O–H groups in total. The first kappa shape index (κ1) is 11.6. The second-order valence-electron chi connectivity index (χ2n) is 4.24. The van der Waals surface area contributed by atoms with Crippen LogP contribution in [0.5, 0.6) is 0 Å². The molecule has 0 aromatic heterocycles. The van der Waals surface area contributed by atoms with Crippen LogP contribution in [0, 0.1) is 23.7 Å². The number of carboxylic acids is 1. The highest BCUT2D eigenvalue weighted by Gasteiger charge is 2.48. The number of carbonyl (C=O) groups is 2. The van der Waals surface area contributed by atoms with E-state index in [4.69, 9.17) is 6.42 Å². The molecule has 0 bridgehead atoms. The van der Waals surface area contributed by atoms with Crippen LogP contribution >= 0.6 is 0 Å². The lowest BCUT2D eigenvalue weighted by atomic mass is 9.76. The highest BCUT2D eigenvalue weighted by Crippen LogP contribution is 2.38. The number of hydrogen-bond acceptors (Lipinski definition) is 2. The van der Waals surface area contributed by atoms with Gasteiger partial charge in [-0.25, -0.2) is 0 Å². The van der Waals surface area contributed by atoms with E-state index in [2.05, 4.69) is 0 Å². The Morgan fingerprint density at radius 3 is 2.47 bits per heavy atom. The van der Waals surface area contributed by atoms with Crippen molar-refractivity contribution in [1.82, 2.24) is 4.90 Å². The van der Waals surface area contributed by atoms with Crippen LogP contribution in [-0.2, 0) is 9.59 Å². The number of amides is 1. The molecule has 4 nitrogen and oxygen atoms in total. The quantitative estimate of drug-likeness (QED) is 0.677. The summed E-state index contributed by atoms with van der Waals surface area (Å²) in [5.74, 6) is 0.747. The molecule has 82 valence electrons. The van der Waals surface area contributed by atoms with Gasteiger partial charge in [0.15, 0.2) is 0 Å². The molecule has 0 aromatic rings. The summed E-state index contributed by atoms with van der Waals surface area (Å²) in [5, 5.41) is 9.22. The average molecular weight is 209 g/mol. The van der Waals surface area contributed by atoms with E-state index in [1.807, 2.05) is 19.8 Å². The van der Waals surface area contributed by atoms with Gasteiger partial charge < -0.3 is 10.0 Å². The molecule has 0 saturated carbocycles. The van der Waals surface area contributed by atoms with Crippen molar-refractivity contribution in [2.75, 3.05) is 13.1 Å². The first-order valence-electron chi connectivity index (χ1n) is 4.93. The third kappa shape index (κ3) is 1.82. The molecular formula is C11H15NO3. The van der Waals surface area contributed by atoms with Gasteiger partial charge in [0.1, 0.15) is 0 Å². The zero-order chi connectivity index (χ0) is 11.6. The number of carbonyl (C=O) groups excluding carboxylic acids is 1. The van der Waals surface area contributed by atoms with E-state index >= 15 is 0 Å². The number of nitrogens with zero attached hydrogens (tertiary/aromatic N) is 1. The second kappa shape index (κ2) is 3.93. The van der Waals surface area contributed by atoms with Crippen molar-refractivity contribution in [3.8, 4) is 12.3 Å². The predicted octanol–water partition coefficient (Wildman–Crippen LogP) is 0.579. The molecule has 1 rings (SSSR count). The van der Waals surface area contributed by atoms with Crippen molar-refractivity contribution >= 4 is 11.9 Å². The topological polar surface area (TPSA) is 57.6 Å². The maximum atomic E-state index is 11.2. The number of rotatable bonds is 2. The van der Waals surface area contributed by atoms with Gasteiger partial charge in [-0.15, -0.1) is 6.42 Å². The molecule has 1 unspecified atom stereocenters. The monoisotopic (exact) mass is 209 g/mol. The third-order valence-electron chi connectivity index (χ3n) is 3.24. The van der Waals surface area contributed by atoms with E-state index in [1.54, 1.807) is 0 Å². The second-order valence-corrected chi connectivity index (χ2v) is 4.24. The van der Waals surface area contributed by atoms with Crippen molar-refractivity contribution in [2.24, 2.45) is 11.3 Å². The Kier molecular flexibility index (Phi) is 3.04. The van der Waals surface area contributed by atoms with E-state index in [-0.39, 0.29) is 12.5 Å². The maximum absolute atomic E-state index is 11.2. The normalized spacial score (nSPS) is 25.3. The number of terminal acetylenes is 1. The highest BCUT2D eigenvalue weighted by atomic mass is 16.4. The Labute approximate surface area is 89.3 Å². The van der Waals surface area contributed by atoms with Gasteiger partial charge in [0.25, 0.3) is 5.91 Å². The van der Waals surface area contributed by atoms with Crippen LogP contribution in [0.3, 0.4) is 0 Å². The average Bonchev–Trinajstić information content (AvgIpc) is 2.62. The van der Waals surface area contributed by atoms with Crippen LogP contribution in [0.25, 0.3) is 0 Å². The van der Waals surface area contributed by atoms with Crippen LogP contribution in [0.1, 0.15) is 20.3 Å². The van der Waals surface area contributed by atoms with Gasteiger partial charge in [0.05, 0.1) is 5.41 Å². The Balaban J connectivity index is 2.87. The van der Waals surface area contributed by atoms with Crippen LogP contribution in [0.4, 0.5) is 0 Å². The van der Waals surface area contributed by atoms with Crippen molar-refractivity contribution in [1.29, 1.82) is 0 Å². The smallest absolute Gasteiger partial charge is 0.311 e. The van der Waals surface area contributed by atoms with Crippen molar-refractivity contribution in [3.63, 3.8) is 0 Å². The fourth-order valence-electron chi connectivity index (χ4n) is 1.99. The summed E-state index contributed by atoms with van der Waals surface area (Å²) in [7, 11) is 0. The minimum atomic E-state index is -0.843. The lowest BCUT2D eigenvalue weighted by Crippen LogP contribution is -2.40. The van der Waals surface area contributed by atoms with E-state index in [0.29, 0.717) is 13.0 Å². The van der Waals surface area contributed by atoms with Crippen molar-refractivity contribution in [2.45, 2.75) is 20.3 Å². The van der Waals surface area contributed by atoms with Crippen LogP contribution in [0.2, 0.25) is 0 Å². The zero-order valence-corrected chi connectivity index (χ0v) is 8.99. The minimum Gasteiger partial charge on any atom is -0.481 e. The van der Waals surface area contributed by atoms with Crippen LogP contribution in [0.15, 0.2) is 0 Å². The molecule has 1 atom stereocenters. The first-order chi connectivity index (χ1) is 6.94. The van der Waals surface area contributed by atoms with Crippen LogP contribution < -0.4 is 0 Å². The number of likely N-dealkylation sites (tertiary alicyclic amines) is 1. The molecule has 15 heavy (non-hydrogen) atoms. The van der Waals surface area contributed by atoms with E-state index in [1.165, 1.54) is 4.90 Å². The molecule has 4 heteroatoms. The molecule has 1 heterocycles. The lowest BCUT2D eigenvalue weighted by Gasteiger charge is -2.28. The van der Waals surface area contributed by atoms with Gasteiger partial charge in [-0.3, -0.25) is 9.59 Å². The van der Waals surface area contributed by atoms with Gasteiger partial charge in [0.2, 0.25) is 0 Å². The number of aliphatic carboxylic acids is 1.